The number of aromatic hydroxyl groups is 1. The second-order valence-electron chi connectivity index (χ2n) is 5.95. The third-order valence-electron chi connectivity index (χ3n) is 4.80. The van der Waals surface area contributed by atoms with Gasteiger partial charge in [0.15, 0.2) is 0 Å². The number of hydrogen-bond acceptors (Lipinski definition) is 2. The second-order valence-corrected chi connectivity index (χ2v) is 5.95. The van der Waals surface area contributed by atoms with Crippen LogP contribution in [0.2, 0.25) is 0 Å². The fourth-order valence-electron chi connectivity index (χ4n) is 3.82. The van der Waals surface area contributed by atoms with Crippen LogP contribution in [0.25, 0.3) is 0 Å². The predicted molar refractivity (Wildman–Crippen MR) is 73.6 cm³/mol. The Hall–Kier alpha value is -1.02. The fraction of sp³-hybridized carbons (Fsp3) is 0.625. The van der Waals surface area contributed by atoms with E-state index < -0.39 is 0 Å². The fourth-order valence-corrected chi connectivity index (χ4v) is 3.82. The normalized spacial score (nSPS) is 28.3. The van der Waals surface area contributed by atoms with E-state index in [1.54, 1.807) is 0 Å². The summed E-state index contributed by atoms with van der Waals surface area (Å²) in [5.74, 6) is 1.42. The number of benzene rings is 1. The maximum absolute atomic E-state index is 10.1. The molecule has 2 fully saturated rings. The zero-order valence-corrected chi connectivity index (χ0v) is 11.2. The average molecular weight is 245 g/mol. The number of likely N-dealkylation sites (tertiary alicyclic amines) is 1. The van der Waals surface area contributed by atoms with Crippen LogP contribution in [0.1, 0.15) is 43.2 Å². The van der Waals surface area contributed by atoms with E-state index in [0.29, 0.717) is 5.75 Å². The molecule has 2 heteroatoms. The summed E-state index contributed by atoms with van der Waals surface area (Å²) in [6, 6.07) is 6.88. The van der Waals surface area contributed by atoms with Crippen LogP contribution in [0.5, 0.6) is 5.75 Å². The van der Waals surface area contributed by atoms with Gasteiger partial charge in [-0.05, 0) is 50.6 Å². The van der Waals surface area contributed by atoms with Gasteiger partial charge in [0.25, 0.3) is 0 Å². The highest BCUT2D eigenvalue weighted by Crippen LogP contribution is 2.38. The molecule has 1 saturated carbocycles. The quantitative estimate of drug-likeness (QED) is 0.862. The van der Waals surface area contributed by atoms with E-state index in [-0.39, 0.29) is 0 Å². The molecule has 0 spiro atoms. The highest BCUT2D eigenvalue weighted by Gasteiger charge is 2.34. The molecule has 1 aromatic rings. The van der Waals surface area contributed by atoms with Crippen LogP contribution in [-0.4, -0.2) is 22.6 Å². The van der Waals surface area contributed by atoms with Crippen molar-refractivity contribution in [1.82, 2.24) is 4.90 Å². The standard InChI is InChI=1S/C16H23NO/c1-12-5-2-7-14(16(12)18)11-17-10-4-8-13-6-3-9-15(13)17/h2,5,7,13,15,18H,3-4,6,8-11H2,1H3. The molecule has 0 aromatic heterocycles. The molecule has 0 radical (unpaired) electrons. The van der Waals surface area contributed by atoms with Crippen molar-refractivity contribution in [3.63, 3.8) is 0 Å². The summed E-state index contributed by atoms with van der Waals surface area (Å²) in [5.41, 5.74) is 2.09. The Morgan fingerprint density at radius 3 is 2.94 bits per heavy atom. The lowest BCUT2D eigenvalue weighted by Gasteiger charge is -2.38. The smallest absolute Gasteiger partial charge is 0.122 e. The molecule has 18 heavy (non-hydrogen) atoms. The van der Waals surface area contributed by atoms with Gasteiger partial charge in [0.2, 0.25) is 0 Å². The molecule has 1 heterocycles. The van der Waals surface area contributed by atoms with Crippen LogP contribution in [0.3, 0.4) is 0 Å². The lowest BCUT2D eigenvalue weighted by molar-refractivity contribution is 0.105. The Kier molecular flexibility index (Phi) is 3.29. The van der Waals surface area contributed by atoms with Gasteiger partial charge in [-0.2, -0.15) is 0 Å². The monoisotopic (exact) mass is 245 g/mol. The van der Waals surface area contributed by atoms with Crippen LogP contribution in [0.15, 0.2) is 18.2 Å². The highest BCUT2D eigenvalue weighted by atomic mass is 16.3. The lowest BCUT2D eigenvalue weighted by Crippen LogP contribution is -2.41. The molecule has 2 nitrogen and oxygen atoms in total. The van der Waals surface area contributed by atoms with Crippen LogP contribution in [-0.2, 0) is 6.54 Å². The van der Waals surface area contributed by atoms with Crippen LogP contribution in [0.4, 0.5) is 0 Å². The molecule has 1 saturated heterocycles. The number of hydrogen-bond donors (Lipinski definition) is 1. The molecule has 0 amide bonds. The molecule has 2 atom stereocenters. The molecule has 3 rings (SSSR count). The summed E-state index contributed by atoms with van der Waals surface area (Å²) in [4.78, 5) is 2.61. The minimum atomic E-state index is 0.498. The summed E-state index contributed by atoms with van der Waals surface area (Å²) in [5, 5.41) is 10.1. The highest BCUT2D eigenvalue weighted by molar-refractivity contribution is 5.39. The Labute approximate surface area is 110 Å². The van der Waals surface area contributed by atoms with Crippen molar-refractivity contribution in [1.29, 1.82) is 0 Å². The van der Waals surface area contributed by atoms with Gasteiger partial charge in [-0.3, -0.25) is 4.90 Å². The first kappa shape index (κ1) is 12.0. The minimum absolute atomic E-state index is 0.498. The lowest BCUT2D eigenvalue weighted by atomic mass is 9.91. The molecule has 2 unspecified atom stereocenters. The number of fused-ring (bicyclic) bond motifs is 1. The maximum atomic E-state index is 10.1. The van der Waals surface area contributed by atoms with E-state index in [1.807, 2.05) is 13.0 Å². The van der Waals surface area contributed by atoms with Crippen molar-refractivity contribution < 1.29 is 5.11 Å². The molecule has 1 aliphatic heterocycles. The van der Waals surface area contributed by atoms with Gasteiger partial charge < -0.3 is 5.11 Å². The van der Waals surface area contributed by atoms with Gasteiger partial charge in [-0.25, -0.2) is 0 Å². The van der Waals surface area contributed by atoms with Crippen molar-refractivity contribution >= 4 is 0 Å². The minimum Gasteiger partial charge on any atom is -0.507 e. The SMILES string of the molecule is Cc1cccc(CN2CCCC3CCCC32)c1O. The number of piperidine rings is 1. The Morgan fingerprint density at radius 2 is 2.06 bits per heavy atom. The van der Waals surface area contributed by atoms with Crippen molar-refractivity contribution in [2.24, 2.45) is 5.92 Å². The number of para-hydroxylation sites is 1. The maximum Gasteiger partial charge on any atom is 0.122 e. The van der Waals surface area contributed by atoms with Gasteiger partial charge in [0, 0.05) is 18.2 Å². The van der Waals surface area contributed by atoms with E-state index in [4.69, 9.17) is 0 Å². The summed E-state index contributed by atoms with van der Waals surface area (Å²) in [7, 11) is 0. The number of phenolic OH excluding ortho intramolecular Hbond substituents is 1. The molecular weight excluding hydrogens is 222 g/mol. The summed E-state index contributed by atoms with van der Waals surface area (Å²) in [6.45, 7) is 4.11. The van der Waals surface area contributed by atoms with E-state index >= 15 is 0 Å². The zero-order valence-electron chi connectivity index (χ0n) is 11.2. The molecule has 98 valence electrons. The van der Waals surface area contributed by atoms with Gasteiger partial charge in [-0.1, -0.05) is 24.6 Å². The summed E-state index contributed by atoms with van der Waals surface area (Å²) < 4.78 is 0. The topological polar surface area (TPSA) is 23.5 Å². The second kappa shape index (κ2) is 4.93. The average Bonchev–Trinajstić information content (AvgIpc) is 2.84. The van der Waals surface area contributed by atoms with E-state index in [9.17, 15) is 5.11 Å². The van der Waals surface area contributed by atoms with E-state index in [0.717, 1.165) is 29.6 Å². The first-order valence-electron chi connectivity index (χ1n) is 7.27. The Morgan fingerprint density at radius 1 is 1.22 bits per heavy atom. The van der Waals surface area contributed by atoms with Gasteiger partial charge in [0.1, 0.15) is 5.75 Å². The Balaban J connectivity index is 1.77. The zero-order chi connectivity index (χ0) is 12.5. The van der Waals surface area contributed by atoms with Crippen molar-refractivity contribution in [3.05, 3.63) is 29.3 Å². The number of aryl methyl sites for hydroxylation is 1. The van der Waals surface area contributed by atoms with Gasteiger partial charge in [0.05, 0.1) is 0 Å². The third-order valence-corrected chi connectivity index (χ3v) is 4.80. The number of nitrogens with zero attached hydrogens (tertiary/aromatic N) is 1. The largest absolute Gasteiger partial charge is 0.507 e. The van der Waals surface area contributed by atoms with Crippen LogP contribution >= 0.6 is 0 Å². The molecular formula is C16H23NO. The van der Waals surface area contributed by atoms with Gasteiger partial charge >= 0.3 is 0 Å². The molecule has 0 bridgehead atoms. The van der Waals surface area contributed by atoms with Gasteiger partial charge in [-0.15, -0.1) is 0 Å². The number of phenols is 1. The molecule has 1 N–H and O–H groups in total. The Bertz CT molecular complexity index is 429. The molecule has 1 aromatic carbocycles. The molecule has 1 aliphatic carbocycles. The predicted octanol–water partition coefficient (Wildman–Crippen LogP) is 3.47. The van der Waals surface area contributed by atoms with E-state index in [1.165, 1.54) is 38.6 Å². The molecule has 2 aliphatic rings. The summed E-state index contributed by atoms with van der Waals surface area (Å²) in [6.07, 6.45) is 6.92. The van der Waals surface area contributed by atoms with Crippen molar-refractivity contribution in [2.75, 3.05) is 6.54 Å². The summed E-state index contributed by atoms with van der Waals surface area (Å²) >= 11 is 0. The van der Waals surface area contributed by atoms with Crippen LogP contribution in [0, 0.1) is 12.8 Å². The van der Waals surface area contributed by atoms with E-state index in [2.05, 4.69) is 17.0 Å². The van der Waals surface area contributed by atoms with Crippen molar-refractivity contribution in [2.45, 2.75) is 51.6 Å². The third kappa shape index (κ3) is 2.14. The number of rotatable bonds is 2. The van der Waals surface area contributed by atoms with Crippen LogP contribution < -0.4 is 0 Å². The first-order chi connectivity index (χ1) is 8.75. The first-order valence-corrected chi connectivity index (χ1v) is 7.27. The van der Waals surface area contributed by atoms with Crippen molar-refractivity contribution in [3.8, 4) is 5.75 Å².